The number of rotatable bonds is 4. The van der Waals surface area contributed by atoms with Crippen molar-refractivity contribution in [3.63, 3.8) is 0 Å². The third kappa shape index (κ3) is 3.48. The molecule has 0 saturated carbocycles. The van der Waals surface area contributed by atoms with E-state index in [1.165, 1.54) is 0 Å². The van der Waals surface area contributed by atoms with Crippen LogP contribution in [0.4, 0.5) is 0 Å². The Morgan fingerprint density at radius 3 is 2.45 bits per heavy atom. The highest BCUT2D eigenvalue weighted by atomic mass is 16.5. The van der Waals surface area contributed by atoms with Crippen molar-refractivity contribution in [2.75, 3.05) is 32.8 Å². The van der Waals surface area contributed by atoms with E-state index in [0.717, 1.165) is 6.41 Å². The van der Waals surface area contributed by atoms with Crippen molar-refractivity contribution in [1.82, 2.24) is 9.80 Å². The molecular weight excluding hydrogens is 258 g/mol. The Morgan fingerprint density at radius 2 is 1.90 bits per heavy atom. The number of carbonyl (C=O) groups is 2. The second-order valence-corrected chi connectivity index (χ2v) is 4.45. The molecule has 6 heteroatoms. The van der Waals surface area contributed by atoms with E-state index >= 15 is 0 Å². The van der Waals surface area contributed by atoms with Crippen molar-refractivity contribution in [2.45, 2.75) is 0 Å². The summed E-state index contributed by atoms with van der Waals surface area (Å²) in [4.78, 5) is 25.8. The Bertz CT molecular complexity index is 513. The minimum Gasteiger partial charge on any atom is -0.484 e. The molecule has 1 saturated heterocycles. The number of carbonyl (C=O) groups excluding carboxylic acids is 2. The highest BCUT2D eigenvalue weighted by Gasteiger charge is 2.20. The van der Waals surface area contributed by atoms with Crippen LogP contribution in [0.15, 0.2) is 24.3 Å². The zero-order valence-corrected chi connectivity index (χ0v) is 11.0. The molecule has 1 aliphatic heterocycles. The first-order valence-electron chi connectivity index (χ1n) is 6.33. The fraction of sp³-hybridized carbons (Fsp3) is 0.357. The van der Waals surface area contributed by atoms with Gasteiger partial charge in [0, 0.05) is 26.2 Å². The molecule has 1 heterocycles. The Balaban J connectivity index is 1.80. The number of hydrogen-bond acceptors (Lipinski definition) is 4. The maximum Gasteiger partial charge on any atom is 0.260 e. The molecule has 0 N–H and O–H groups in total. The third-order valence-corrected chi connectivity index (χ3v) is 3.16. The molecule has 1 aromatic rings. The molecule has 0 unspecified atom stereocenters. The van der Waals surface area contributed by atoms with Gasteiger partial charge in [-0.05, 0) is 24.3 Å². The minimum absolute atomic E-state index is 0.0347. The summed E-state index contributed by atoms with van der Waals surface area (Å²) in [5.74, 6) is 0.462. The molecule has 2 rings (SSSR count). The van der Waals surface area contributed by atoms with Crippen molar-refractivity contribution in [2.24, 2.45) is 0 Å². The average Bonchev–Trinajstić information content (AvgIpc) is 2.53. The zero-order chi connectivity index (χ0) is 14.4. The zero-order valence-electron chi connectivity index (χ0n) is 11.0. The maximum absolute atomic E-state index is 11.9. The summed E-state index contributed by atoms with van der Waals surface area (Å²) in [5, 5.41) is 8.68. The summed E-state index contributed by atoms with van der Waals surface area (Å²) >= 11 is 0. The van der Waals surface area contributed by atoms with E-state index in [1.807, 2.05) is 6.07 Å². The van der Waals surface area contributed by atoms with Gasteiger partial charge in [-0.2, -0.15) is 5.26 Å². The van der Waals surface area contributed by atoms with Gasteiger partial charge < -0.3 is 14.5 Å². The Labute approximate surface area is 117 Å². The first-order valence-corrected chi connectivity index (χ1v) is 6.33. The molecule has 20 heavy (non-hydrogen) atoms. The van der Waals surface area contributed by atoms with Gasteiger partial charge in [0.05, 0.1) is 11.6 Å². The van der Waals surface area contributed by atoms with Crippen molar-refractivity contribution >= 4 is 12.3 Å². The van der Waals surface area contributed by atoms with Gasteiger partial charge in [-0.25, -0.2) is 0 Å². The van der Waals surface area contributed by atoms with Gasteiger partial charge in [0.15, 0.2) is 6.61 Å². The first kappa shape index (κ1) is 13.9. The fourth-order valence-corrected chi connectivity index (χ4v) is 1.94. The maximum atomic E-state index is 11.9. The van der Waals surface area contributed by atoms with Crippen molar-refractivity contribution in [3.8, 4) is 11.8 Å². The fourth-order valence-electron chi connectivity index (χ4n) is 1.94. The van der Waals surface area contributed by atoms with E-state index in [-0.39, 0.29) is 12.5 Å². The van der Waals surface area contributed by atoms with E-state index in [2.05, 4.69) is 0 Å². The molecule has 6 nitrogen and oxygen atoms in total. The van der Waals surface area contributed by atoms with Gasteiger partial charge in [-0.1, -0.05) is 0 Å². The van der Waals surface area contributed by atoms with Gasteiger partial charge in [-0.15, -0.1) is 0 Å². The largest absolute Gasteiger partial charge is 0.484 e. The lowest BCUT2D eigenvalue weighted by Gasteiger charge is -2.32. The molecule has 0 aromatic heterocycles. The predicted octanol–water partition coefficient (Wildman–Crippen LogP) is 0.238. The van der Waals surface area contributed by atoms with Crippen LogP contribution in [0, 0.1) is 11.3 Å². The smallest absolute Gasteiger partial charge is 0.260 e. The predicted molar refractivity (Wildman–Crippen MR) is 70.9 cm³/mol. The quantitative estimate of drug-likeness (QED) is 0.736. The molecule has 2 amide bonds. The molecule has 0 radical (unpaired) electrons. The molecule has 0 atom stereocenters. The minimum atomic E-state index is -0.0973. The number of hydrogen-bond donors (Lipinski definition) is 0. The Morgan fingerprint density at radius 1 is 1.25 bits per heavy atom. The van der Waals surface area contributed by atoms with E-state index in [0.29, 0.717) is 37.5 Å². The summed E-state index contributed by atoms with van der Waals surface area (Å²) in [5.41, 5.74) is 0.550. The monoisotopic (exact) mass is 273 g/mol. The number of nitriles is 1. The summed E-state index contributed by atoms with van der Waals surface area (Å²) in [6, 6.07) is 8.63. The summed E-state index contributed by atoms with van der Waals surface area (Å²) in [6.07, 6.45) is 0.801. The normalized spacial score (nSPS) is 14.6. The van der Waals surface area contributed by atoms with E-state index in [9.17, 15) is 9.59 Å². The number of benzene rings is 1. The molecule has 1 aliphatic rings. The van der Waals surface area contributed by atoms with Crippen LogP contribution in [-0.4, -0.2) is 54.9 Å². The topological polar surface area (TPSA) is 73.6 Å². The van der Waals surface area contributed by atoms with Crippen LogP contribution in [0.3, 0.4) is 0 Å². The molecule has 0 bridgehead atoms. The third-order valence-electron chi connectivity index (χ3n) is 3.16. The number of ether oxygens (including phenoxy) is 1. The van der Waals surface area contributed by atoms with E-state index < -0.39 is 0 Å². The average molecular weight is 273 g/mol. The van der Waals surface area contributed by atoms with Crippen LogP contribution >= 0.6 is 0 Å². The Kier molecular flexibility index (Phi) is 4.56. The van der Waals surface area contributed by atoms with Crippen molar-refractivity contribution in [3.05, 3.63) is 29.8 Å². The molecule has 1 fully saturated rings. The van der Waals surface area contributed by atoms with Crippen LogP contribution in [-0.2, 0) is 9.59 Å². The molecule has 0 spiro atoms. The summed E-state index contributed by atoms with van der Waals surface area (Å²) in [6.45, 7) is 2.16. The molecule has 0 aliphatic carbocycles. The van der Waals surface area contributed by atoms with Gasteiger partial charge in [0.2, 0.25) is 6.41 Å². The highest BCUT2D eigenvalue weighted by Crippen LogP contribution is 2.11. The highest BCUT2D eigenvalue weighted by molar-refractivity contribution is 5.78. The van der Waals surface area contributed by atoms with Crippen LogP contribution in [0.5, 0.6) is 5.75 Å². The van der Waals surface area contributed by atoms with E-state index in [4.69, 9.17) is 10.00 Å². The Hall–Kier alpha value is -2.55. The molecule has 1 aromatic carbocycles. The lowest BCUT2D eigenvalue weighted by molar-refractivity contribution is -0.137. The second-order valence-electron chi connectivity index (χ2n) is 4.45. The van der Waals surface area contributed by atoms with Crippen molar-refractivity contribution < 1.29 is 14.3 Å². The number of nitrogens with zero attached hydrogens (tertiary/aromatic N) is 3. The van der Waals surface area contributed by atoms with Crippen LogP contribution in [0.25, 0.3) is 0 Å². The van der Waals surface area contributed by atoms with Crippen LogP contribution in [0.1, 0.15) is 5.56 Å². The summed E-state index contributed by atoms with van der Waals surface area (Å²) < 4.78 is 5.39. The SMILES string of the molecule is N#Cc1ccc(OCC(=O)N2CCN(C=O)CC2)cc1. The van der Waals surface area contributed by atoms with Gasteiger partial charge in [0.1, 0.15) is 5.75 Å². The lowest BCUT2D eigenvalue weighted by Crippen LogP contribution is -2.49. The van der Waals surface area contributed by atoms with Crippen LogP contribution in [0.2, 0.25) is 0 Å². The van der Waals surface area contributed by atoms with Crippen molar-refractivity contribution in [1.29, 1.82) is 5.26 Å². The van der Waals surface area contributed by atoms with E-state index in [1.54, 1.807) is 34.1 Å². The van der Waals surface area contributed by atoms with Crippen LogP contribution < -0.4 is 4.74 Å². The number of piperazine rings is 1. The van der Waals surface area contributed by atoms with Gasteiger partial charge in [0.25, 0.3) is 5.91 Å². The van der Waals surface area contributed by atoms with Gasteiger partial charge >= 0.3 is 0 Å². The molecular formula is C14H15N3O3. The standard InChI is InChI=1S/C14H15N3O3/c15-9-12-1-3-13(4-2-12)20-10-14(19)17-7-5-16(11-18)6-8-17/h1-4,11H,5-8,10H2. The number of amides is 2. The summed E-state index contributed by atoms with van der Waals surface area (Å²) in [7, 11) is 0. The van der Waals surface area contributed by atoms with Gasteiger partial charge in [-0.3, -0.25) is 9.59 Å². The lowest BCUT2D eigenvalue weighted by atomic mass is 10.2. The molecule has 104 valence electrons. The second kappa shape index (κ2) is 6.57. The first-order chi connectivity index (χ1) is 9.72.